The molecule has 0 aromatic heterocycles. The van der Waals surface area contributed by atoms with Gasteiger partial charge in [0.15, 0.2) is 15.6 Å². The molecule has 1 saturated heterocycles. The Morgan fingerprint density at radius 1 is 0.818 bits per heavy atom. The Kier molecular flexibility index (Phi) is 17.9. The quantitative estimate of drug-likeness (QED) is 0.124. The van der Waals surface area contributed by atoms with Crippen LogP contribution in [0.25, 0.3) is 0 Å². The van der Waals surface area contributed by atoms with Crippen LogP contribution >= 0.6 is 0 Å². The number of hydrogen-bond donors (Lipinski definition) is 3. The molecule has 304 valence electrons. The second-order valence-electron chi connectivity index (χ2n) is 14.2. The first-order valence-electron chi connectivity index (χ1n) is 18.8. The molecule has 0 saturated carbocycles. The zero-order chi connectivity index (χ0) is 40.6. The Morgan fingerprint density at radius 3 is 1.95 bits per heavy atom. The van der Waals surface area contributed by atoms with Gasteiger partial charge in [0.05, 0.1) is 30.6 Å². The van der Waals surface area contributed by atoms with Crippen molar-refractivity contribution in [2.75, 3.05) is 72.5 Å². The molecule has 1 heterocycles. The molecule has 3 rings (SSSR count). The predicted octanol–water partition coefficient (Wildman–Crippen LogP) is 2.77. The molecule has 0 radical (unpaired) electrons. The van der Waals surface area contributed by atoms with Crippen molar-refractivity contribution < 1.29 is 47.3 Å². The highest BCUT2D eigenvalue weighted by Gasteiger charge is 2.51. The van der Waals surface area contributed by atoms with E-state index in [9.17, 15) is 37.5 Å². The molecule has 0 unspecified atom stereocenters. The van der Waals surface area contributed by atoms with Crippen molar-refractivity contribution in [2.45, 2.75) is 74.5 Å². The van der Waals surface area contributed by atoms with Gasteiger partial charge in [0.1, 0.15) is 22.0 Å². The minimum atomic E-state index is -4.09. The normalized spacial score (nSPS) is 14.9. The van der Waals surface area contributed by atoms with Gasteiger partial charge in [-0.1, -0.05) is 38.0 Å². The van der Waals surface area contributed by atoms with E-state index in [0.717, 1.165) is 0 Å². The number of amides is 1. The number of Topliss-reactive ketones (excluding diaryl/α,β-unsaturated/α-hetero) is 2. The number of para-hydroxylation sites is 1. The van der Waals surface area contributed by atoms with Gasteiger partial charge in [-0.15, -0.1) is 0 Å². The van der Waals surface area contributed by atoms with Crippen LogP contribution in [0, 0.1) is 0 Å². The van der Waals surface area contributed by atoms with E-state index in [1.807, 2.05) is 37.1 Å². The van der Waals surface area contributed by atoms with Gasteiger partial charge in [0.25, 0.3) is 0 Å². The fourth-order valence-corrected chi connectivity index (χ4v) is 8.71. The van der Waals surface area contributed by atoms with E-state index in [-0.39, 0.29) is 68.6 Å². The number of ether oxygens (including phenoxy) is 1. The standard InChI is InChI=1S/C39H57N5O10S/c1-4-42(28-36(47)48)25-23-41(3)24-26-43(29-37(49)50)27-31(46)11-7-5-10-14-35(40)38(51)44-21-19-39(20-22-44,30(2)45)55(52,53)34-17-15-33(16-18-34)54-32-12-8-6-9-13-32/h6,8-9,12-13,15-18,35H,4-5,7,10-11,14,19-29,40H2,1-3H3,(H,47,48)(H,49,50)/t35-/m0/s1. The van der Waals surface area contributed by atoms with Gasteiger partial charge in [-0.05, 0) is 82.6 Å². The molecule has 1 aliphatic heterocycles. The zero-order valence-corrected chi connectivity index (χ0v) is 33.0. The minimum absolute atomic E-state index is 0.00133. The number of carbonyl (C=O) groups excluding carboxylic acids is 3. The molecule has 0 aliphatic carbocycles. The SMILES string of the molecule is CCN(CCN(C)CCN(CC(=O)O)CC(=O)CCCCC[C@H](N)C(=O)N1CCC(C(C)=O)(S(=O)(=O)c2ccc(Oc3ccccc3)cc2)CC1)CC(=O)O. The first kappa shape index (κ1) is 45.2. The first-order chi connectivity index (χ1) is 26.1. The fourth-order valence-electron chi connectivity index (χ4n) is 6.67. The summed E-state index contributed by atoms with van der Waals surface area (Å²) in [5.41, 5.74) is 6.25. The Labute approximate surface area is 324 Å². The van der Waals surface area contributed by atoms with Crippen LogP contribution in [0.5, 0.6) is 11.5 Å². The lowest BCUT2D eigenvalue weighted by atomic mass is 9.91. The summed E-state index contributed by atoms with van der Waals surface area (Å²) in [6.07, 6.45) is 2.31. The maximum atomic E-state index is 13.9. The van der Waals surface area contributed by atoms with Crippen molar-refractivity contribution in [2.24, 2.45) is 5.73 Å². The summed E-state index contributed by atoms with van der Waals surface area (Å²) in [6, 6.07) is 14.2. The lowest BCUT2D eigenvalue weighted by molar-refractivity contribution is -0.139. The number of likely N-dealkylation sites (tertiary alicyclic amines) is 1. The minimum Gasteiger partial charge on any atom is -0.480 e. The van der Waals surface area contributed by atoms with Crippen molar-refractivity contribution in [3.05, 3.63) is 54.6 Å². The highest BCUT2D eigenvalue weighted by Crippen LogP contribution is 2.37. The van der Waals surface area contributed by atoms with E-state index in [1.54, 1.807) is 34.1 Å². The number of carbonyl (C=O) groups is 5. The summed E-state index contributed by atoms with van der Waals surface area (Å²) in [4.78, 5) is 68.2. The molecular weight excluding hydrogens is 731 g/mol. The van der Waals surface area contributed by atoms with Gasteiger partial charge < -0.3 is 30.5 Å². The van der Waals surface area contributed by atoms with Crippen molar-refractivity contribution in [1.29, 1.82) is 0 Å². The Morgan fingerprint density at radius 2 is 1.38 bits per heavy atom. The monoisotopic (exact) mass is 787 g/mol. The van der Waals surface area contributed by atoms with Crippen LogP contribution in [0.2, 0.25) is 0 Å². The number of nitrogens with zero attached hydrogens (tertiary/aromatic N) is 4. The van der Waals surface area contributed by atoms with Crippen LogP contribution in [0.4, 0.5) is 0 Å². The van der Waals surface area contributed by atoms with Crippen LogP contribution in [-0.2, 0) is 33.8 Å². The number of hydrogen-bond acceptors (Lipinski definition) is 12. The van der Waals surface area contributed by atoms with E-state index in [2.05, 4.69) is 0 Å². The van der Waals surface area contributed by atoms with Gasteiger partial charge in [-0.2, -0.15) is 0 Å². The van der Waals surface area contributed by atoms with Gasteiger partial charge in [0, 0.05) is 45.7 Å². The number of nitrogens with two attached hydrogens (primary N) is 1. The summed E-state index contributed by atoms with van der Waals surface area (Å²) in [5, 5.41) is 18.4. The Hall–Kier alpha value is -4.22. The molecular formula is C39H57N5O10S. The molecule has 16 heteroatoms. The number of rotatable bonds is 25. The van der Waals surface area contributed by atoms with E-state index in [4.69, 9.17) is 15.6 Å². The summed E-state index contributed by atoms with van der Waals surface area (Å²) < 4.78 is 31.8. The van der Waals surface area contributed by atoms with Crippen LogP contribution in [-0.4, -0.2) is 151 Å². The van der Waals surface area contributed by atoms with Crippen molar-refractivity contribution in [3.8, 4) is 11.5 Å². The third kappa shape index (κ3) is 13.8. The number of benzene rings is 2. The maximum absolute atomic E-state index is 13.9. The summed E-state index contributed by atoms with van der Waals surface area (Å²) >= 11 is 0. The van der Waals surface area contributed by atoms with Gasteiger partial charge in [-0.3, -0.25) is 33.8 Å². The highest BCUT2D eigenvalue weighted by atomic mass is 32.2. The number of carboxylic acids is 2. The summed E-state index contributed by atoms with van der Waals surface area (Å²) in [5.74, 6) is -1.75. The molecule has 2 aromatic rings. The van der Waals surface area contributed by atoms with E-state index in [0.29, 0.717) is 69.9 Å². The first-order valence-corrected chi connectivity index (χ1v) is 20.3. The molecule has 2 aromatic carbocycles. The maximum Gasteiger partial charge on any atom is 0.317 e. The molecule has 1 amide bonds. The van der Waals surface area contributed by atoms with Gasteiger partial charge in [0.2, 0.25) is 5.91 Å². The third-order valence-corrected chi connectivity index (χ3v) is 12.7. The number of aliphatic carboxylic acids is 2. The Balaban J connectivity index is 1.42. The molecule has 0 spiro atoms. The molecule has 1 atom stereocenters. The average molecular weight is 788 g/mol. The van der Waals surface area contributed by atoms with E-state index < -0.39 is 38.3 Å². The number of likely N-dealkylation sites (N-methyl/N-ethyl adjacent to an activating group) is 2. The molecule has 1 aliphatic rings. The molecule has 15 nitrogen and oxygen atoms in total. The van der Waals surface area contributed by atoms with Gasteiger partial charge >= 0.3 is 11.9 Å². The smallest absolute Gasteiger partial charge is 0.317 e. The van der Waals surface area contributed by atoms with Crippen LogP contribution < -0.4 is 10.5 Å². The third-order valence-electron chi connectivity index (χ3n) is 10.1. The second kappa shape index (κ2) is 21.8. The topological polar surface area (TPSA) is 208 Å². The van der Waals surface area contributed by atoms with Gasteiger partial charge in [-0.25, -0.2) is 8.42 Å². The van der Waals surface area contributed by atoms with Crippen LogP contribution in [0.1, 0.15) is 58.8 Å². The number of piperidine rings is 1. The number of ketones is 2. The zero-order valence-electron chi connectivity index (χ0n) is 32.2. The largest absolute Gasteiger partial charge is 0.480 e. The second-order valence-corrected chi connectivity index (χ2v) is 16.4. The van der Waals surface area contributed by atoms with Crippen LogP contribution in [0.15, 0.2) is 59.5 Å². The number of sulfone groups is 1. The average Bonchev–Trinajstić information content (AvgIpc) is 3.15. The molecule has 0 bridgehead atoms. The molecule has 1 fully saturated rings. The van der Waals surface area contributed by atoms with Crippen LogP contribution in [0.3, 0.4) is 0 Å². The van der Waals surface area contributed by atoms with Crippen molar-refractivity contribution in [1.82, 2.24) is 19.6 Å². The lowest BCUT2D eigenvalue weighted by Crippen LogP contribution is -2.56. The van der Waals surface area contributed by atoms with E-state index >= 15 is 0 Å². The number of unbranched alkanes of at least 4 members (excludes halogenated alkanes) is 2. The van der Waals surface area contributed by atoms with Crippen molar-refractivity contribution in [3.63, 3.8) is 0 Å². The Bertz CT molecular complexity index is 1680. The molecule has 4 N–H and O–H groups in total. The van der Waals surface area contributed by atoms with Crippen molar-refractivity contribution >= 4 is 39.2 Å². The predicted molar refractivity (Wildman–Crippen MR) is 207 cm³/mol. The summed E-state index contributed by atoms with van der Waals surface area (Å²) in [7, 11) is -2.23. The number of carboxylic acid groups (broad SMARTS) is 2. The molecule has 55 heavy (non-hydrogen) atoms. The fraction of sp³-hybridized carbons (Fsp3) is 0.564. The summed E-state index contributed by atoms with van der Waals surface area (Å²) in [6.45, 7) is 5.60. The highest BCUT2D eigenvalue weighted by molar-refractivity contribution is 7.93. The van der Waals surface area contributed by atoms with E-state index in [1.165, 1.54) is 24.0 Å². The lowest BCUT2D eigenvalue weighted by Gasteiger charge is -2.40.